The van der Waals surface area contributed by atoms with Crippen molar-refractivity contribution in [3.63, 3.8) is 0 Å². The standard InChI is InChI=1S/C17H27BrN2/c1-4-14-7-6-10-20(12-14)17-9-8-15(11-16(17)18)13(3)19-5-2/h8-9,11,13-14,19H,4-7,10,12H2,1-3H3. The van der Waals surface area contributed by atoms with Crippen LogP contribution < -0.4 is 10.2 Å². The van der Waals surface area contributed by atoms with E-state index in [0.29, 0.717) is 6.04 Å². The summed E-state index contributed by atoms with van der Waals surface area (Å²) < 4.78 is 1.23. The molecule has 2 rings (SSSR count). The first kappa shape index (κ1) is 15.8. The van der Waals surface area contributed by atoms with Gasteiger partial charge in [-0.25, -0.2) is 0 Å². The van der Waals surface area contributed by atoms with Gasteiger partial charge in [-0.15, -0.1) is 0 Å². The third-order valence-corrected chi connectivity index (χ3v) is 5.05. The van der Waals surface area contributed by atoms with Crippen molar-refractivity contribution in [3.8, 4) is 0 Å². The fourth-order valence-corrected chi connectivity index (χ4v) is 3.74. The van der Waals surface area contributed by atoms with Crippen molar-refractivity contribution in [3.05, 3.63) is 28.2 Å². The number of halogens is 1. The van der Waals surface area contributed by atoms with Crippen LogP contribution in [0.5, 0.6) is 0 Å². The van der Waals surface area contributed by atoms with Crippen LogP contribution in [-0.4, -0.2) is 19.6 Å². The van der Waals surface area contributed by atoms with Crippen molar-refractivity contribution in [1.82, 2.24) is 5.32 Å². The molecule has 20 heavy (non-hydrogen) atoms. The topological polar surface area (TPSA) is 15.3 Å². The Morgan fingerprint density at radius 1 is 1.40 bits per heavy atom. The van der Waals surface area contributed by atoms with Crippen LogP contribution >= 0.6 is 15.9 Å². The predicted octanol–water partition coefficient (Wildman–Crippen LogP) is 4.75. The number of anilines is 1. The lowest BCUT2D eigenvalue weighted by Crippen LogP contribution is -2.35. The third kappa shape index (κ3) is 3.76. The van der Waals surface area contributed by atoms with Crippen molar-refractivity contribution in [1.29, 1.82) is 0 Å². The summed E-state index contributed by atoms with van der Waals surface area (Å²) in [6.07, 6.45) is 4.00. The lowest BCUT2D eigenvalue weighted by atomic mass is 9.95. The number of benzene rings is 1. The molecule has 1 aliphatic rings. The second-order valence-electron chi connectivity index (χ2n) is 5.85. The highest BCUT2D eigenvalue weighted by Gasteiger charge is 2.20. The zero-order valence-corrected chi connectivity index (χ0v) is 14.5. The minimum Gasteiger partial charge on any atom is -0.370 e. The first-order valence-electron chi connectivity index (χ1n) is 7.93. The van der Waals surface area contributed by atoms with Gasteiger partial charge in [0.2, 0.25) is 0 Å². The molecular weight excluding hydrogens is 312 g/mol. The molecule has 1 fully saturated rings. The number of piperidine rings is 1. The molecule has 0 radical (unpaired) electrons. The molecule has 1 aromatic rings. The largest absolute Gasteiger partial charge is 0.370 e. The Balaban J connectivity index is 2.13. The van der Waals surface area contributed by atoms with Crippen molar-refractivity contribution in [2.24, 2.45) is 5.92 Å². The quantitative estimate of drug-likeness (QED) is 0.833. The van der Waals surface area contributed by atoms with Crippen LogP contribution in [0.15, 0.2) is 22.7 Å². The monoisotopic (exact) mass is 338 g/mol. The lowest BCUT2D eigenvalue weighted by molar-refractivity contribution is 0.404. The summed E-state index contributed by atoms with van der Waals surface area (Å²) in [6, 6.07) is 7.24. The van der Waals surface area contributed by atoms with Crippen molar-refractivity contribution < 1.29 is 0 Å². The van der Waals surface area contributed by atoms with Crippen molar-refractivity contribution in [2.45, 2.75) is 46.1 Å². The van der Waals surface area contributed by atoms with E-state index in [0.717, 1.165) is 12.5 Å². The van der Waals surface area contributed by atoms with Gasteiger partial charge < -0.3 is 10.2 Å². The third-order valence-electron chi connectivity index (χ3n) is 4.42. The summed E-state index contributed by atoms with van der Waals surface area (Å²) in [5.74, 6) is 0.857. The summed E-state index contributed by atoms with van der Waals surface area (Å²) in [6.45, 7) is 10.1. The molecule has 2 nitrogen and oxygen atoms in total. The molecule has 1 saturated heterocycles. The summed E-state index contributed by atoms with van der Waals surface area (Å²) in [5, 5.41) is 3.47. The van der Waals surface area contributed by atoms with Crippen molar-refractivity contribution in [2.75, 3.05) is 24.5 Å². The average Bonchev–Trinajstić information content (AvgIpc) is 2.47. The fraction of sp³-hybridized carbons (Fsp3) is 0.647. The van der Waals surface area contributed by atoms with Gasteiger partial charge in [-0.05, 0) is 65.9 Å². The van der Waals surface area contributed by atoms with E-state index in [1.54, 1.807) is 0 Å². The minimum atomic E-state index is 0.412. The second-order valence-corrected chi connectivity index (χ2v) is 6.71. The molecular formula is C17H27BrN2. The lowest BCUT2D eigenvalue weighted by Gasteiger charge is -2.35. The van der Waals surface area contributed by atoms with Gasteiger partial charge in [-0.1, -0.05) is 26.3 Å². The Morgan fingerprint density at radius 3 is 2.85 bits per heavy atom. The summed E-state index contributed by atoms with van der Waals surface area (Å²) in [7, 11) is 0. The Hall–Kier alpha value is -0.540. The fourth-order valence-electron chi connectivity index (χ4n) is 3.09. The Labute approximate surface area is 132 Å². The molecule has 1 N–H and O–H groups in total. The Kier molecular flexibility index (Phi) is 5.91. The Morgan fingerprint density at radius 2 is 2.20 bits per heavy atom. The molecule has 0 saturated carbocycles. The van der Waals surface area contributed by atoms with E-state index in [1.165, 1.54) is 48.1 Å². The highest BCUT2D eigenvalue weighted by Crippen LogP contribution is 2.32. The number of nitrogens with one attached hydrogen (secondary N) is 1. The Bertz CT molecular complexity index is 433. The molecule has 0 bridgehead atoms. The molecule has 1 aliphatic heterocycles. The maximum Gasteiger partial charge on any atom is 0.0510 e. The normalized spacial score (nSPS) is 21.0. The summed E-state index contributed by atoms with van der Waals surface area (Å²) >= 11 is 3.77. The van der Waals surface area contributed by atoms with Crippen LogP contribution in [0.3, 0.4) is 0 Å². The highest BCUT2D eigenvalue weighted by atomic mass is 79.9. The van der Waals surface area contributed by atoms with E-state index in [-0.39, 0.29) is 0 Å². The van der Waals surface area contributed by atoms with Gasteiger partial charge in [-0.3, -0.25) is 0 Å². The molecule has 2 unspecified atom stereocenters. The van der Waals surface area contributed by atoms with Crippen LogP contribution in [0.2, 0.25) is 0 Å². The SMILES string of the molecule is CCNC(C)c1ccc(N2CCCC(CC)C2)c(Br)c1. The van der Waals surface area contributed by atoms with Crippen LogP contribution in [0, 0.1) is 5.92 Å². The molecule has 3 heteroatoms. The summed E-state index contributed by atoms with van der Waals surface area (Å²) in [5.41, 5.74) is 2.71. The van der Waals surface area contributed by atoms with Gasteiger partial charge in [0.25, 0.3) is 0 Å². The molecule has 2 atom stereocenters. The van der Waals surface area contributed by atoms with Gasteiger partial charge in [0.05, 0.1) is 5.69 Å². The van der Waals surface area contributed by atoms with E-state index < -0.39 is 0 Å². The van der Waals surface area contributed by atoms with Crippen molar-refractivity contribution >= 4 is 21.6 Å². The first-order chi connectivity index (χ1) is 9.65. The van der Waals surface area contributed by atoms with E-state index in [1.807, 2.05) is 0 Å². The van der Waals surface area contributed by atoms with Gasteiger partial charge in [0.1, 0.15) is 0 Å². The highest BCUT2D eigenvalue weighted by molar-refractivity contribution is 9.10. The molecule has 112 valence electrons. The number of hydrogen-bond donors (Lipinski definition) is 1. The zero-order valence-electron chi connectivity index (χ0n) is 13.0. The minimum absolute atomic E-state index is 0.412. The predicted molar refractivity (Wildman–Crippen MR) is 91.5 cm³/mol. The van der Waals surface area contributed by atoms with Gasteiger partial charge in [0.15, 0.2) is 0 Å². The molecule has 0 aromatic heterocycles. The number of rotatable bonds is 5. The van der Waals surface area contributed by atoms with E-state index in [4.69, 9.17) is 0 Å². The van der Waals surface area contributed by atoms with Crippen LogP contribution in [-0.2, 0) is 0 Å². The average molecular weight is 339 g/mol. The molecule has 0 amide bonds. The van der Waals surface area contributed by atoms with Crippen LogP contribution in [0.4, 0.5) is 5.69 Å². The van der Waals surface area contributed by atoms with Crippen LogP contribution in [0.1, 0.15) is 51.6 Å². The molecule has 0 aliphatic carbocycles. The maximum absolute atomic E-state index is 3.77. The summed E-state index contributed by atoms with van der Waals surface area (Å²) in [4.78, 5) is 2.55. The second kappa shape index (κ2) is 7.46. The zero-order chi connectivity index (χ0) is 14.5. The van der Waals surface area contributed by atoms with Gasteiger partial charge in [-0.2, -0.15) is 0 Å². The molecule has 1 heterocycles. The molecule has 0 spiro atoms. The number of nitrogens with zero attached hydrogens (tertiary/aromatic N) is 1. The van der Waals surface area contributed by atoms with E-state index in [2.05, 4.69) is 65.1 Å². The first-order valence-corrected chi connectivity index (χ1v) is 8.72. The maximum atomic E-state index is 3.77. The molecule has 1 aromatic carbocycles. The number of hydrogen-bond acceptors (Lipinski definition) is 2. The van der Waals surface area contributed by atoms with Gasteiger partial charge in [0, 0.05) is 23.6 Å². The van der Waals surface area contributed by atoms with Crippen LogP contribution in [0.25, 0.3) is 0 Å². The smallest absolute Gasteiger partial charge is 0.0510 e. The van der Waals surface area contributed by atoms with Gasteiger partial charge >= 0.3 is 0 Å². The van der Waals surface area contributed by atoms with E-state index >= 15 is 0 Å². The van der Waals surface area contributed by atoms with E-state index in [9.17, 15) is 0 Å².